The summed E-state index contributed by atoms with van der Waals surface area (Å²) in [6, 6.07) is 2.54. The lowest BCUT2D eigenvalue weighted by molar-refractivity contribution is 0.400. The van der Waals surface area contributed by atoms with Crippen LogP contribution >= 0.6 is 0 Å². The lowest BCUT2D eigenvalue weighted by Gasteiger charge is -2.22. The molecule has 0 saturated carbocycles. The Labute approximate surface area is 108 Å². The zero-order valence-electron chi connectivity index (χ0n) is 11.5. The SMILES string of the molecule is CCNC(Cc1cc(C)nc2ncnn12)C(C)C. The first kappa shape index (κ1) is 13.0. The van der Waals surface area contributed by atoms with Gasteiger partial charge in [-0.15, -0.1) is 0 Å². The van der Waals surface area contributed by atoms with Crippen LogP contribution in [-0.2, 0) is 6.42 Å². The Balaban J connectivity index is 2.32. The highest BCUT2D eigenvalue weighted by Crippen LogP contribution is 2.12. The fourth-order valence-electron chi connectivity index (χ4n) is 2.18. The van der Waals surface area contributed by atoms with Crippen LogP contribution in [0, 0.1) is 12.8 Å². The van der Waals surface area contributed by atoms with E-state index in [0.717, 1.165) is 24.4 Å². The van der Waals surface area contributed by atoms with Crippen LogP contribution in [0.2, 0.25) is 0 Å². The fourth-order valence-corrected chi connectivity index (χ4v) is 2.18. The number of hydrogen-bond acceptors (Lipinski definition) is 4. The Bertz CT molecular complexity index is 517. The quantitative estimate of drug-likeness (QED) is 0.872. The molecule has 0 aromatic carbocycles. The zero-order valence-corrected chi connectivity index (χ0v) is 11.5. The molecule has 0 amide bonds. The predicted molar refractivity (Wildman–Crippen MR) is 71.5 cm³/mol. The lowest BCUT2D eigenvalue weighted by atomic mass is 9.99. The van der Waals surface area contributed by atoms with Crippen LogP contribution in [0.4, 0.5) is 0 Å². The van der Waals surface area contributed by atoms with E-state index in [0.29, 0.717) is 17.7 Å². The summed E-state index contributed by atoms with van der Waals surface area (Å²) in [5, 5.41) is 7.77. The molecular formula is C13H21N5. The summed E-state index contributed by atoms with van der Waals surface area (Å²) in [5.74, 6) is 1.26. The van der Waals surface area contributed by atoms with Gasteiger partial charge in [0.05, 0.1) is 0 Å². The Morgan fingerprint density at radius 1 is 1.39 bits per heavy atom. The first-order chi connectivity index (χ1) is 8.61. The topological polar surface area (TPSA) is 55.1 Å². The maximum atomic E-state index is 4.36. The second-order valence-electron chi connectivity index (χ2n) is 4.97. The maximum Gasteiger partial charge on any atom is 0.252 e. The van der Waals surface area contributed by atoms with E-state index in [1.807, 2.05) is 11.4 Å². The number of fused-ring (bicyclic) bond motifs is 1. The molecular weight excluding hydrogens is 226 g/mol. The molecule has 2 aromatic heterocycles. The highest BCUT2D eigenvalue weighted by molar-refractivity contribution is 5.30. The molecule has 2 aromatic rings. The second-order valence-corrected chi connectivity index (χ2v) is 4.97. The van der Waals surface area contributed by atoms with Crippen molar-refractivity contribution in [1.82, 2.24) is 24.9 Å². The smallest absolute Gasteiger partial charge is 0.252 e. The predicted octanol–water partition coefficient (Wildman–Crippen LogP) is 1.61. The van der Waals surface area contributed by atoms with E-state index in [4.69, 9.17) is 0 Å². The van der Waals surface area contributed by atoms with Crippen LogP contribution in [0.1, 0.15) is 32.2 Å². The molecule has 0 radical (unpaired) electrons. The van der Waals surface area contributed by atoms with E-state index in [1.165, 1.54) is 0 Å². The summed E-state index contributed by atoms with van der Waals surface area (Å²) < 4.78 is 1.83. The third-order valence-electron chi connectivity index (χ3n) is 3.15. The van der Waals surface area contributed by atoms with Crippen molar-refractivity contribution in [2.75, 3.05) is 6.54 Å². The van der Waals surface area contributed by atoms with E-state index >= 15 is 0 Å². The first-order valence-corrected chi connectivity index (χ1v) is 6.51. The van der Waals surface area contributed by atoms with Gasteiger partial charge in [0.15, 0.2) is 0 Å². The van der Waals surface area contributed by atoms with E-state index in [2.05, 4.69) is 47.2 Å². The number of likely N-dealkylation sites (N-methyl/N-ethyl adjacent to an activating group) is 1. The van der Waals surface area contributed by atoms with Crippen LogP contribution in [0.25, 0.3) is 5.78 Å². The van der Waals surface area contributed by atoms with Gasteiger partial charge in [0.1, 0.15) is 6.33 Å². The summed E-state index contributed by atoms with van der Waals surface area (Å²) >= 11 is 0. The summed E-state index contributed by atoms with van der Waals surface area (Å²) in [4.78, 5) is 8.52. The number of aromatic nitrogens is 4. The van der Waals surface area contributed by atoms with E-state index in [-0.39, 0.29) is 0 Å². The standard InChI is InChI=1S/C13H21N5/c1-5-14-12(9(2)3)7-11-6-10(4)17-13-15-8-16-18(11)13/h6,8-9,12,14H,5,7H2,1-4H3. The molecule has 2 heterocycles. The molecule has 2 rings (SSSR count). The van der Waals surface area contributed by atoms with Gasteiger partial charge in [-0.3, -0.25) is 0 Å². The lowest BCUT2D eigenvalue weighted by Crippen LogP contribution is -2.36. The van der Waals surface area contributed by atoms with Gasteiger partial charge in [-0.2, -0.15) is 10.1 Å². The van der Waals surface area contributed by atoms with Crippen LogP contribution in [0.15, 0.2) is 12.4 Å². The minimum atomic E-state index is 0.448. The maximum absolute atomic E-state index is 4.36. The van der Waals surface area contributed by atoms with Crippen LogP contribution in [-0.4, -0.2) is 32.2 Å². The minimum Gasteiger partial charge on any atom is -0.314 e. The number of nitrogens with one attached hydrogen (secondary N) is 1. The monoisotopic (exact) mass is 247 g/mol. The van der Waals surface area contributed by atoms with Gasteiger partial charge >= 0.3 is 0 Å². The molecule has 18 heavy (non-hydrogen) atoms. The van der Waals surface area contributed by atoms with Crippen LogP contribution in [0.3, 0.4) is 0 Å². The highest BCUT2D eigenvalue weighted by Gasteiger charge is 2.15. The third-order valence-corrected chi connectivity index (χ3v) is 3.15. The van der Waals surface area contributed by atoms with Gasteiger partial charge in [0, 0.05) is 23.9 Å². The summed E-state index contributed by atoms with van der Waals surface area (Å²) in [6.45, 7) is 9.58. The molecule has 0 fully saturated rings. The summed E-state index contributed by atoms with van der Waals surface area (Å²) in [6.07, 6.45) is 2.50. The molecule has 0 spiro atoms. The van der Waals surface area contributed by atoms with Crippen molar-refractivity contribution in [1.29, 1.82) is 0 Å². The number of hydrogen-bond donors (Lipinski definition) is 1. The highest BCUT2D eigenvalue weighted by atomic mass is 15.3. The second kappa shape index (κ2) is 5.44. The molecule has 0 bridgehead atoms. The average molecular weight is 247 g/mol. The molecule has 1 atom stereocenters. The molecule has 98 valence electrons. The van der Waals surface area contributed by atoms with Crippen molar-refractivity contribution < 1.29 is 0 Å². The summed E-state index contributed by atoms with van der Waals surface area (Å²) in [5.41, 5.74) is 2.15. The number of nitrogens with zero attached hydrogens (tertiary/aromatic N) is 4. The minimum absolute atomic E-state index is 0.448. The van der Waals surface area contributed by atoms with Gasteiger partial charge in [0.25, 0.3) is 5.78 Å². The van der Waals surface area contributed by atoms with Gasteiger partial charge in [0.2, 0.25) is 0 Å². The fraction of sp³-hybridized carbons (Fsp3) is 0.615. The molecule has 0 aliphatic carbocycles. The van der Waals surface area contributed by atoms with Gasteiger partial charge in [-0.05, 0) is 25.5 Å². The molecule has 1 N–H and O–H groups in total. The molecule has 0 aliphatic heterocycles. The van der Waals surface area contributed by atoms with Crippen molar-refractivity contribution in [2.45, 2.75) is 40.2 Å². The Morgan fingerprint density at radius 3 is 2.83 bits per heavy atom. The normalized spacial score (nSPS) is 13.4. The van der Waals surface area contributed by atoms with Crippen molar-refractivity contribution in [3.05, 3.63) is 23.8 Å². The molecule has 5 heteroatoms. The van der Waals surface area contributed by atoms with Crippen molar-refractivity contribution in [3.8, 4) is 0 Å². The molecule has 1 unspecified atom stereocenters. The van der Waals surface area contributed by atoms with Crippen molar-refractivity contribution in [3.63, 3.8) is 0 Å². The zero-order chi connectivity index (χ0) is 13.1. The Kier molecular flexibility index (Phi) is 3.91. The van der Waals surface area contributed by atoms with Crippen molar-refractivity contribution in [2.24, 2.45) is 5.92 Å². The van der Waals surface area contributed by atoms with Gasteiger partial charge < -0.3 is 5.32 Å². The summed E-state index contributed by atoms with van der Waals surface area (Å²) in [7, 11) is 0. The van der Waals surface area contributed by atoms with E-state index < -0.39 is 0 Å². The number of aryl methyl sites for hydroxylation is 1. The molecule has 0 aliphatic rings. The van der Waals surface area contributed by atoms with Crippen molar-refractivity contribution >= 4 is 5.78 Å². The van der Waals surface area contributed by atoms with E-state index in [9.17, 15) is 0 Å². The van der Waals surface area contributed by atoms with Gasteiger partial charge in [-0.1, -0.05) is 20.8 Å². The molecule has 5 nitrogen and oxygen atoms in total. The third kappa shape index (κ3) is 2.67. The van der Waals surface area contributed by atoms with Crippen LogP contribution < -0.4 is 5.32 Å². The van der Waals surface area contributed by atoms with Gasteiger partial charge in [-0.25, -0.2) is 9.50 Å². The Morgan fingerprint density at radius 2 is 2.17 bits per heavy atom. The molecule has 0 saturated heterocycles. The largest absolute Gasteiger partial charge is 0.314 e. The Hall–Kier alpha value is -1.49. The average Bonchev–Trinajstić information content (AvgIpc) is 2.76. The van der Waals surface area contributed by atoms with Crippen LogP contribution in [0.5, 0.6) is 0 Å². The first-order valence-electron chi connectivity index (χ1n) is 6.51. The van der Waals surface area contributed by atoms with E-state index in [1.54, 1.807) is 6.33 Å². The number of rotatable bonds is 5.